The van der Waals surface area contributed by atoms with Gasteiger partial charge in [-0.2, -0.15) is 0 Å². The quantitative estimate of drug-likeness (QED) is 0.621. The zero-order valence-electron chi connectivity index (χ0n) is 18.1. The smallest absolute Gasteiger partial charge is 0.263 e. The normalized spacial score (nSPS) is 17.6. The fourth-order valence-electron chi connectivity index (χ4n) is 4.41. The van der Waals surface area contributed by atoms with Gasteiger partial charge < -0.3 is 20.5 Å². The predicted molar refractivity (Wildman–Crippen MR) is 123 cm³/mol. The molecule has 0 spiro atoms. The van der Waals surface area contributed by atoms with Crippen molar-refractivity contribution >= 4 is 33.1 Å². The Hall–Kier alpha value is -2.80. The maximum Gasteiger partial charge on any atom is 0.263 e. The van der Waals surface area contributed by atoms with Crippen LogP contribution in [0.5, 0.6) is 11.5 Å². The van der Waals surface area contributed by atoms with Gasteiger partial charge in [0.2, 0.25) is 6.79 Å². The number of aryl methyl sites for hydroxylation is 1. The van der Waals surface area contributed by atoms with Gasteiger partial charge in [-0.25, -0.2) is 4.98 Å². The second-order valence-corrected chi connectivity index (χ2v) is 10.5. The Morgan fingerprint density at radius 2 is 2.06 bits per heavy atom. The highest BCUT2D eigenvalue weighted by Gasteiger charge is 2.30. The van der Waals surface area contributed by atoms with Crippen LogP contribution in [0, 0.1) is 11.3 Å². The summed E-state index contributed by atoms with van der Waals surface area (Å²) in [6, 6.07) is 7.83. The predicted octanol–water partition coefficient (Wildman–Crippen LogP) is 4.69. The number of ether oxygens (including phenoxy) is 2. The van der Waals surface area contributed by atoms with E-state index in [9.17, 15) is 4.79 Å². The number of nitrogens with zero attached hydrogens (tertiary/aromatic N) is 1. The molecule has 7 heteroatoms. The van der Waals surface area contributed by atoms with Crippen LogP contribution in [0.3, 0.4) is 0 Å². The summed E-state index contributed by atoms with van der Waals surface area (Å²) in [7, 11) is 0. The van der Waals surface area contributed by atoms with Crippen LogP contribution in [0.2, 0.25) is 0 Å². The van der Waals surface area contributed by atoms with Crippen LogP contribution >= 0.6 is 11.3 Å². The standard InChI is InChI=1S/C24H27N3O3S/c1-24(2,3)15-5-6-17-14(9-15)10-16-20(25)21(31-23(16)27-17)22(28)26-11-13-4-7-18-19(8-13)30-12-29-18/h4,7-8,10,15H,5-6,9,11-12,25H2,1-3H3,(H,26,28). The van der Waals surface area contributed by atoms with Gasteiger partial charge in [-0.05, 0) is 59.9 Å². The van der Waals surface area contributed by atoms with Crippen molar-refractivity contribution < 1.29 is 14.3 Å². The molecule has 1 aliphatic carbocycles. The highest BCUT2D eigenvalue weighted by atomic mass is 32.1. The van der Waals surface area contributed by atoms with Gasteiger partial charge in [-0.15, -0.1) is 11.3 Å². The van der Waals surface area contributed by atoms with Crippen molar-refractivity contribution in [2.75, 3.05) is 12.5 Å². The first-order valence-corrected chi connectivity index (χ1v) is 11.5. The van der Waals surface area contributed by atoms with Crippen LogP contribution in [0.1, 0.15) is 53.7 Å². The van der Waals surface area contributed by atoms with E-state index >= 15 is 0 Å². The Kier molecular flexibility index (Phi) is 4.81. The molecule has 1 amide bonds. The fraction of sp³-hybridized carbons (Fsp3) is 0.417. The molecule has 0 saturated carbocycles. The van der Waals surface area contributed by atoms with E-state index in [0.29, 0.717) is 28.8 Å². The number of pyridine rings is 1. The van der Waals surface area contributed by atoms with Gasteiger partial charge >= 0.3 is 0 Å². The minimum atomic E-state index is -0.177. The Balaban J connectivity index is 1.36. The summed E-state index contributed by atoms with van der Waals surface area (Å²) in [5.74, 6) is 1.89. The molecule has 3 N–H and O–H groups in total. The summed E-state index contributed by atoms with van der Waals surface area (Å²) in [6.07, 6.45) is 3.15. The fourth-order valence-corrected chi connectivity index (χ4v) is 5.42. The number of amides is 1. The van der Waals surface area contributed by atoms with Gasteiger partial charge in [0.15, 0.2) is 11.5 Å². The third kappa shape index (κ3) is 3.71. The molecule has 0 saturated heterocycles. The molecular formula is C24H27N3O3S. The van der Waals surface area contributed by atoms with E-state index in [0.717, 1.165) is 46.5 Å². The summed E-state index contributed by atoms with van der Waals surface area (Å²) in [5.41, 5.74) is 10.6. The first-order chi connectivity index (χ1) is 14.8. The lowest BCUT2D eigenvalue weighted by Crippen LogP contribution is -2.27. The van der Waals surface area contributed by atoms with Crippen LogP contribution in [0.4, 0.5) is 5.69 Å². The van der Waals surface area contributed by atoms with Crippen molar-refractivity contribution in [3.05, 3.63) is 46.0 Å². The molecule has 2 aromatic heterocycles. The van der Waals surface area contributed by atoms with Crippen molar-refractivity contribution in [2.45, 2.75) is 46.6 Å². The van der Waals surface area contributed by atoms with E-state index in [-0.39, 0.29) is 18.1 Å². The molecule has 162 valence electrons. The first-order valence-electron chi connectivity index (χ1n) is 10.7. The Bertz CT molecular complexity index is 1180. The minimum Gasteiger partial charge on any atom is -0.454 e. The van der Waals surface area contributed by atoms with Crippen LogP contribution in [-0.4, -0.2) is 17.7 Å². The zero-order valence-corrected chi connectivity index (χ0v) is 18.9. The Labute approximate surface area is 185 Å². The van der Waals surface area contributed by atoms with Crippen molar-refractivity contribution in [1.82, 2.24) is 10.3 Å². The summed E-state index contributed by atoms with van der Waals surface area (Å²) in [4.78, 5) is 19.1. The SMILES string of the molecule is CC(C)(C)C1CCc2nc3sc(C(=O)NCc4ccc5c(c4)OCO5)c(N)c3cc2C1. The molecule has 5 rings (SSSR count). The molecule has 3 aromatic rings. The van der Waals surface area contributed by atoms with Crippen molar-refractivity contribution in [1.29, 1.82) is 0 Å². The van der Waals surface area contributed by atoms with E-state index < -0.39 is 0 Å². The molecule has 0 bridgehead atoms. The number of hydrogen-bond donors (Lipinski definition) is 2. The van der Waals surface area contributed by atoms with Crippen LogP contribution in [0.25, 0.3) is 10.2 Å². The van der Waals surface area contributed by atoms with Crippen LogP contribution in [0.15, 0.2) is 24.3 Å². The van der Waals surface area contributed by atoms with Crippen LogP contribution < -0.4 is 20.5 Å². The van der Waals surface area contributed by atoms with Crippen LogP contribution in [-0.2, 0) is 19.4 Å². The lowest BCUT2D eigenvalue weighted by molar-refractivity contribution is 0.0955. The molecule has 31 heavy (non-hydrogen) atoms. The zero-order chi connectivity index (χ0) is 21.8. The number of nitrogen functional groups attached to an aromatic ring is 1. The highest BCUT2D eigenvalue weighted by Crippen LogP contribution is 2.40. The maximum atomic E-state index is 12.9. The number of nitrogens with two attached hydrogens (primary N) is 1. The Morgan fingerprint density at radius 3 is 2.87 bits per heavy atom. The van der Waals surface area contributed by atoms with E-state index in [1.165, 1.54) is 16.9 Å². The number of hydrogen-bond acceptors (Lipinski definition) is 6. The van der Waals surface area contributed by atoms with Gasteiger partial charge in [0.1, 0.15) is 9.71 Å². The molecule has 1 atom stereocenters. The van der Waals surface area contributed by atoms with Gasteiger partial charge in [0, 0.05) is 17.6 Å². The molecule has 1 aromatic carbocycles. The second-order valence-electron chi connectivity index (χ2n) is 9.47. The number of benzene rings is 1. The summed E-state index contributed by atoms with van der Waals surface area (Å²) < 4.78 is 10.7. The molecule has 1 unspecified atom stereocenters. The first kappa shape index (κ1) is 20.1. The molecule has 2 aliphatic rings. The third-order valence-corrected chi connectivity index (χ3v) is 7.52. The van der Waals surface area contributed by atoms with Crippen molar-refractivity contribution in [3.8, 4) is 11.5 Å². The maximum absolute atomic E-state index is 12.9. The van der Waals surface area contributed by atoms with E-state index in [4.69, 9.17) is 20.2 Å². The third-order valence-electron chi connectivity index (χ3n) is 6.41. The summed E-state index contributed by atoms with van der Waals surface area (Å²) in [5, 5.41) is 3.87. The van der Waals surface area contributed by atoms with Gasteiger partial charge in [0.05, 0.1) is 5.69 Å². The second kappa shape index (κ2) is 7.41. The number of fused-ring (bicyclic) bond motifs is 3. The topological polar surface area (TPSA) is 86.5 Å². The average molecular weight is 438 g/mol. The number of carbonyl (C=O) groups excluding carboxylic acids is 1. The summed E-state index contributed by atoms with van der Waals surface area (Å²) in [6.45, 7) is 7.53. The highest BCUT2D eigenvalue weighted by molar-refractivity contribution is 7.21. The van der Waals surface area contributed by atoms with E-state index in [1.807, 2.05) is 18.2 Å². The average Bonchev–Trinajstić information content (AvgIpc) is 3.33. The Morgan fingerprint density at radius 1 is 1.26 bits per heavy atom. The number of carbonyl (C=O) groups is 1. The van der Waals surface area contributed by atoms with E-state index in [2.05, 4.69) is 32.2 Å². The molecule has 1 aliphatic heterocycles. The van der Waals surface area contributed by atoms with Gasteiger partial charge in [0.25, 0.3) is 5.91 Å². The van der Waals surface area contributed by atoms with E-state index in [1.54, 1.807) is 0 Å². The van der Waals surface area contributed by atoms with Crippen molar-refractivity contribution in [3.63, 3.8) is 0 Å². The lowest BCUT2D eigenvalue weighted by atomic mass is 9.71. The minimum absolute atomic E-state index is 0.177. The van der Waals surface area contributed by atoms with Gasteiger partial charge in [-0.3, -0.25) is 4.79 Å². The number of rotatable bonds is 3. The van der Waals surface area contributed by atoms with Gasteiger partial charge in [-0.1, -0.05) is 26.8 Å². The molecule has 6 nitrogen and oxygen atoms in total. The largest absolute Gasteiger partial charge is 0.454 e. The molecule has 0 fully saturated rings. The molecular weight excluding hydrogens is 410 g/mol. The summed E-state index contributed by atoms with van der Waals surface area (Å²) >= 11 is 1.37. The molecule has 0 radical (unpaired) electrons. The number of aromatic nitrogens is 1. The lowest BCUT2D eigenvalue weighted by Gasteiger charge is -2.34. The molecule has 3 heterocycles. The number of anilines is 1. The number of thiophene rings is 1. The van der Waals surface area contributed by atoms with Crippen molar-refractivity contribution in [2.24, 2.45) is 11.3 Å². The monoisotopic (exact) mass is 437 g/mol. The number of nitrogens with one attached hydrogen (secondary N) is 1.